The number of carbonyl (C=O) groups is 1. The van der Waals surface area contributed by atoms with Crippen LogP contribution in [0.4, 0.5) is 14.5 Å². The second-order valence-electron chi connectivity index (χ2n) is 5.64. The minimum atomic E-state index is -0.788. The third kappa shape index (κ3) is 3.39. The number of halogens is 2. The van der Waals surface area contributed by atoms with Crippen LogP contribution >= 0.6 is 0 Å². The highest BCUT2D eigenvalue weighted by Gasteiger charge is 2.30. The van der Waals surface area contributed by atoms with E-state index >= 15 is 0 Å². The summed E-state index contributed by atoms with van der Waals surface area (Å²) >= 11 is 0. The van der Waals surface area contributed by atoms with E-state index < -0.39 is 23.2 Å². The maximum atomic E-state index is 13.6. The number of amides is 1. The van der Waals surface area contributed by atoms with E-state index in [4.69, 9.17) is 4.52 Å². The van der Waals surface area contributed by atoms with Gasteiger partial charge in [-0.05, 0) is 38.4 Å². The molecule has 1 aliphatic heterocycles. The summed E-state index contributed by atoms with van der Waals surface area (Å²) in [4.78, 5) is 14.1. The third-order valence-electron chi connectivity index (χ3n) is 3.93. The Hall–Kier alpha value is -2.28. The summed E-state index contributed by atoms with van der Waals surface area (Å²) in [5, 5.41) is 6.31. The number of hydrogen-bond donors (Lipinski definition) is 1. The Labute approximate surface area is 132 Å². The highest BCUT2D eigenvalue weighted by molar-refractivity contribution is 5.92. The van der Waals surface area contributed by atoms with Gasteiger partial charge in [-0.15, -0.1) is 0 Å². The maximum absolute atomic E-state index is 13.6. The summed E-state index contributed by atoms with van der Waals surface area (Å²) < 4.78 is 32.2. The second kappa shape index (κ2) is 6.45. The SMILES string of the molecule is Cc1cc([C@H]2CCCN2CC(=O)Nc2c(F)cccc2F)no1. The van der Waals surface area contributed by atoms with Crippen molar-refractivity contribution in [2.24, 2.45) is 0 Å². The molecule has 1 N–H and O–H groups in total. The van der Waals surface area contributed by atoms with Crippen LogP contribution < -0.4 is 5.32 Å². The minimum absolute atomic E-state index is 0.0105. The predicted molar refractivity (Wildman–Crippen MR) is 79.8 cm³/mol. The highest BCUT2D eigenvalue weighted by atomic mass is 19.1. The predicted octanol–water partition coefficient (Wildman–Crippen LogP) is 3.04. The first-order valence-electron chi connectivity index (χ1n) is 7.45. The van der Waals surface area contributed by atoms with E-state index in [9.17, 15) is 13.6 Å². The molecule has 1 fully saturated rings. The zero-order valence-electron chi connectivity index (χ0n) is 12.7. The topological polar surface area (TPSA) is 58.4 Å². The van der Waals surface area contributed by atoms with Gasteiger partial charge in [-0.3, -0.25) is 9.69 Å². The van der Waals surface area contributed by atoms with Gasteiger partial charge in [-0.1, -0.05) is 11.2 Å². The van der Waals surface area contributed by atoms with E-state index in [-0.39, 0.29) is 12.6 Å². The van der Waals surface area contributed by atoms with Crippen molar-refractivity contribution in [3.8, 4) is 0 Å². The molecule has 0 bridgehead atoms. The number of aryl methyl sites for hydroxylation is 1. The maximum Gasteiger partial charge on any atom is 0.238 e. The number of nitrogens with zero attached hydrogens (tertiary/aromatic N) is 2. The molecule has 2 heterocycles. The normalized spacial score (nSPS) is 18.3. The van der Waals surface area contributed by atoms with Crippen molar-refractivity contribution in [3.05, 3.63) is 47.4 Å². The van der Waals surface area contributed by atoms with E-state index in [0.717, 1.165) is 37.2 Å². The average molecular weight is 321 g/mol. The van der Waals surface area contributed by atoms with E-state index in [2.05, 4.69) is 10.5 Å². The number of rotatable bonds is 4. The largest absolute Gasteiger partial charge is 0.361 e. The summed E-state index contributed by atoms with van der Waals surface area (Å²) in [6, 6.07) is 5.30. The molecule has 3 rings (SSSR count). The molecular formula is C16H17F2N3O2. The van der Waals surface area contributed by atoms with E-state index in [1.165, 1.54) is 6.07 Å². The zero-order chi connectivity index (χ0) is 16.4. The number of nitrogens with one attached hydrogen (secondary N) is 1. The molecule has 0 aliphatic carbocycles. The molecular weight excluding hydrogens is 304 g/mol. The van der Waals surface area contributed by atoms with Crippen LogP contribution in [0.5, 0.6) is 0 Å². The molecule has 0 saturated carbocycles. The van der Waals surface area contributed by atoms with Crippen molar-refractivity contribution in [1.82, 2.24) is 10.1 Å². The number of likely N-dealkylation sites (tertiary alicyclic amines) is 1. The molecule has 1 aromatic heterocycles. The van der Waals surface area contributed by atoms with Crippen molar-refractivity contribution in [3.63, 3.8) is 0 Å². The Morgan fingerprint density at radius 3 is 2.83 bits per heavy atom. The Balaban J connectivity index is 1.67. The fraction of sp³-hybridized carbons (Fsp3) is 0.375. The van der Waals surface area contributed by atoms with Crippen molar-refractivity contribution >= 4 is 11.6 Å². The van der Waals surface area contributed by atoms with E-state index in [1.54, 1.807) is 0 Å². The third-order valence-corrected chi connectivity index (χ3v) is 3.93. The van der Waals surface area contributed by atoms with Crippen molar-refractivity contribution in [2.45, 2.75) is 25.8 Å². The first-order valence-corrected chi connectivity index (χ1v) is 7.45. The van der Waals surface area contributed by atoms with Gasteiger partial charge in [0, 0.05) is 6.07 Å². The second-order valence-corrected chi connectivity index (χ2v) is 5.64. The molecule has 0 radical (unpaired) electrons. The van der Waals surface area contributed by atoms with Gasteiger partial charge >= 0.3 is 0 Å². The van der Waals surface area contributed by atoms with Crippen LogP contribution in [0.2, 0.25) is 0 Å². The fourth-order valence-electron chi connectivity index (χ4n) is 2.87. The lowest BCUT2D eigenvalue weighted by molar-refractivity contribution is -0.117. The van der Waals surface area contributed by atoms with E-state index in [1.807, 2.05) is 17.9 Å². The van der Waals surface area contributed by atoms with Crippen LogP contribution in [0.15, 0.2) is 28.8 Å². The summed E-state index contributed by atoms with van der Waals surface area (Å²) in [7, 11) is 0. The Kier molecular flexibility index (Phi) is 4.38. The number of carbonyl (C=O) groups excluding carboxylic acids is 1. The zero-order valence-corrected chi connectivity index (χ0v) is 12.7. The van der Waals surface area contributed by atoms with Crippen LogP contribution in [0.1, 0.15) is 30.3 Å². The standard InChI is InChI=1S/C16H17F2N3O2/c1-10-8-13(20-23-10)14-6-3-7-21(14)9-15(22)19-16-11(17)4-2-5-12(16)18/h2,4-5,8,14H,3,6-7,9H2,1H3,(H,19,22)/t14-/m1/s1. The van der Waals surface area contributed by atoms with Crippen LogP contribution in [0.25, 0.3) is 0 Å². The van der Waals surface area contributed by atoms with Gasteiger partial charge < -0.3 is 9.84 Å². The van der Waals surface area contributed by atoms with Crippen LogP contribution in [0.3, 0.4) is 0 Å². The Bertz CT molecular complexity index is 697. The molecule has 0 unspecified atom stereocenters. The van der Waals surface area contributed by atoms with Gasteiger partial charge in [0.2, 0.25) is 5.91 Å². The summed E-state index contributed by atoms with van der Waals surface area (Å²) in [6.07, 6.45) is 1.80. The molecule has 0 spiro atoms. The molecule has 5 nitrogen and oxygen atoms in total. The molecule has 7 heteroatoms. The smallest absolute Gasteiger partial charge is 0.238 e. The minimum Gasteiger partial charge on any atom is -0.361 e. The Morgan fingerprint density at radius 1 is 1.43 bits per heavy atom. The highest BCUT2D eigenvalue weighted by Crippen LogP contribution is 2.31. The lowest BCUT2D eigenvalue weighted by Crippen LogP contribution is -2.33. The molecule has 23 heavy (non-hydrogen) atoms. The molecule has 1 aromatic carbocycles. The monoisotopic (exact) mass is 321 g/mol. The summed E-state index contributed by atoms with van der Waals surface area (Å²) in [6.45, 7) is 2.58. The van der Waals surface area contributed by atoms with Gasteiger partial charge in [-0.25, -0.2) is 8.78 Å². The molecule has 1 aliphatic rings. The fourth-order valence-corrected chi connectivity index (χ4v) is 2.87. The number of para-hydroxylation sites is 1. The molecule has 2 aromatic rings. The number of aromatic nitrogens is 1. The van der Waals surface area contributed by atoms with Crippen molar-refractivity contribution < 1.29 is 18.1 Å². The number of hydrogen-bond acceptors (Lipinski definition) is 4. The van der Waals surface area contributed by atoms with Gasteiger partial charge in [-0.2, -0.15) is 0 Å². The van der Waals surface area contributed by atoms with Crippen molar-refractivity contribution in [2.75, 3.05) is 18.4 Å². The lowest BCUT2D eigenvalue weighted by Gasteiger charge is -2.22. The summed E-state index contributed by atoms with van der Waals surface area (Å²) in [5.74, 6) is -1.32. The number of anilines is 1. The van der Waals surface area contributed by atoms with Crippen LogP contribution in [-0.4, -0.2) is 29.1 Å². The van der Waals surface area contributed by atoms with Gasteiger partial charge in [0.1, 0.15) is 28.8 Å². The van der Waals surface area contributed by atoms with Crippen molar-refractivity contribution in [1.29, 1.82) is 0 Å². The van der Waals surface area contributed by atoms with E-state index in [0.29, 0.717) is 5.76 Å². The van der Waals surface area contributed by atoms with Gasteiger partial charge in [0.05, 0.1) is 12.6 Å². The van der Waals surface area contributed by atoms with Gasteiger partial charge in [0.25, 0.3) is 0 Å². The first-order chi connectivity index (χ1) is 11.0. The molecule has 1 amide bonds. The molecule has 1 saturated heterocycles. The van der Waals surface area contributed by atoms with Crippen LogP contribution in [-0.2, 0) is 4.79 Å². The Morgan fingerprint density at radius 2 is 2.17 bits per heavy atom. The van der Waals surface area contributed by atoms with Gasteiger partial charge in [0.15, 0.2) is 0 Å². The first kappa shape index (κ1) is 15.6. The summed E-state index contributed by atoms with van der Waals surface area (Å²) in [5.41, 5.74) is 0.371. The quantitative estimate of drug-likeness (QED) is 0.940. The number of benzene rings is 1. The van der Waals surface area contributed by atoms with Crippen LogP contribution in [0, 0.1) is 18.6 Å². The molecule has 1 atom stereocenters. The lowest BCUT2D eigenvalue weighted by atomic mass is 10.1. The average Bonchev–Trinajstić information content (AvgIpc) is 3.12. The molecule has 122 valence electrons.